The van der Waals surface area contributed by atoms with Gasteiger partial charge in [0.25, 0.3) is 0 Å². The summed E-state index contributed by atoms with van der Waals surface area (Å²) in [6.45, 7) is 4.70. The number of fused-ring (bicyclic) bond motifs is 3. The van der Waals surface area contributed by atoms with Crippen LogP contribution in [0.15, 0.2) is 152 Å². The Morgan fingerprint density at radius 3 is 1.23 bits per heavy atom. The monoisotopic (exact) mass is 938 g/mol. The maximum absolute atomic E-state index is 15.7. The number of carbonyl (C=O) groups excluding carboxylic acids is 2. The van der Waals surface area contributed by atoms with E-state index < -0.39 is 91.4 Å². The Labute approximate surface area is 391 Å². The fraction of sp³-hybridized carbons (Fsp3) is 0.123. The Kier molecular flexibility index (Phi) is 12.1. The predicted molar refractivity (Wildman–Crippen MR) is 244 cm³/mol. The summed E-state index contributed by atoms with van der Waals surface area (Å²) >= 11 is 0. The number of carbonyl (C=O) groups is 2. The van der Waals surface area contributed by atoms with E-state index in [2.05, 4.69) is 0 Å². The average Bonchev–Trinajstić information content (AvgIpc) is 3.68. The zero-order valence-electron chi connectivity index (χ0n) is 37.0. The minimum atomic E-state index is -1.98. The maximum Gasteiger partial charge on any atom is 0.205 e. The molecule has 0 amide bonds. The fourth-order valence-electron chi connectivity index (χ4n) is 9.24. The van der Waals surface area contributed by atoms with Gasteiger partial charge in [-0.1, -0.05) is 112 Å². The molecule has 8 aromatic rings. The molecule has 0 unspecified atom stereocenters. The van der Waals surface area contributed by atoms with E-state index in [0.717, 1.165) is 57.6 Å². The normalized spacial score (nSPS) is 12.6. The van der Waals surface area contributed by atoms with Gasteiger partial charge in [-0.05, 0) is 112 Å². The van der Waals surface area contributed by atoms with Crippen LogP contribution in [0.2, 0.25) is 0 Å². The van der Waals surface area contributed by atoms with Crippen molar-refractivity contribution in [1.82, 2.24) is 0 Å². The van der Waals surface area contributed by atoms with E-state index in [1.807, 2.05) is 78.9 Å². The van der Waals surface area contributed by atoms with Crippen molar-refractivity contribution in [3.8, 4) is 34.1 Å². The summed E-state index contributed by atoms with van der Waals surface area (Å²) in [7, 11) is 0. The summed E-state index contributed by atoms with van der Waals surface area (Å²) < 4.78 is 135. The quantitative estimate of drug-likeness (QED) is 0.0657. The number of hydrogen-bond acceptors (Lipinski definition) is 4. The number of benzene rings is 8. The Balaban J connectivity index is 0.926. The number of ether oxygens (including phenoxy) is 2. The molecule has 0 saturated heterocycles. The van der Waals surface area contributed by atoms with E-state index in [4.69, 9.17) is 9.47 Å². The molecule has 12 heteroatoms. The molecule has 346 valence electrons. The van der Waals surface area contributed by atoms with Crippen molar-refractivity contribution in [3.05, 3.63) is 248 Å². The van der Waals surface area contributed by atoms with Gasteiger partial charge in [0.2, 0.25) is 17.4 Å². The molecule has 0 heterocycles. The van der Waals surface area contributed by atoms with Crippen LogP contribution in [0.25, 0.3) is 11.1 Å². The zero-order valence-corrected chi connectivity index (χ0v) is 37.0. The van der Waals surface area contributed by atoms with Crippen LogP contribution in [0.5, 0.6) is 23.0 Å². The van der Waals surface area contributed by atoms with E-state index in [1.54, 1.807) is 26.0 Å². The minimum Gasteiger partial charge on any atom is -0.457 e. The van der Waals surface area contributed by atoms with Crippen molar-refractivity contribution >= 4 is 11.6 Å². The van der Waals surface area contributed by atoms with Crippen molar-refractivity contribution in [2.75, 3.05) is 0 Å². The first-order chi connectivity index (χ1) is 33.2. The molecule has 4 nitrogen and oxygen atoms in total. The third-order valence-corrected chi connectivity index (χ3v) is 13.2. The highest BCUT2D eigenvalue weighted by Gasteiger charge is 2.46. The summed E-state index contributed by atoms with van der Waals surface area (Å²) in [5.74, 6) is -18.9. The molecular weight excluding hydrogens is 901 g/mol. The molecule has 0 bridgehead atoms. The van der Waals surface area contributed by atoms with Crippen molar-refractivity contribution < 1.29 is 54.2 Å². The molecular formula is C57H38F8O4. The molecule has 1 aliphatic rings. The van der Waals surface area contributed by atoms with E-state index in [9.17, 15) is 9.59 Å². The number of ketones is 2. The first kappa shape index (κ1) is 46.3. The van der Waals surface area contributed by atoms with Crippen LogP contribution < -0.4 is 9.47 Å². The maximum atomic E-state index is 15.7. The van der Waals surface area contributed by atoms with Crippen LogP contribution in [0.4, 0.5) is 35.1 Å². The smallest absolute Gasteiger partial charge is 0.205 e. The van der Waals surface area contributed by atoms with Gasteiger partial charge >= 0.3 is 0 Å². The third kappa shape index (κ3) is 7.55. The van der Waals surface area contributed by atoms with Crippen LogP contribution in [-0.2, 0) is 10.8 Å². The number of halogens is 8. The molecule has 9 rings (SSSR count). The van der Waals surface area contributed by atoms with E-state index in [-0.39, 0.29) is 41.2 Å². The predicted octanol–water partition coefficient (Wildman–Crippen LogP) is 15.3. The first-order valence-electron chi connectivity index (χ1n) is 21.9. The molecule has 69 heavy (non-hydrogen) atoms. The summed E-state index contributed by atoms with van der Waals surface area (Å²) in [5.41, 5.74) is -0.548. The Morgan fingerprint density at radius 1 is 0.435 bits per heavy atom. The number of rotatable bonds is 13. The van der Waals surface area contributed by atoms with Gasteiger partial charge in [0.1, 0.15) is 28.4 Å². The molecule has 0 fully saturated rings. The lowest BCUT2D eigenvalue weighted by atomic mass is 9.68. The molecule has 0 N–H and O–H groups in total. The van der Waals surface area contributed by atoms with Crippen molar-refractivity contribution in [2.24, 2.45) is 0 Å². The highest BCUT2D eigenvalue weighted by Crippen LogP contribution is 2.56. The van der Waals surface area contributed by atoms with Gasteiger partial charge < -0.3 is 9.47 Å². The van der Waals surface area contributed by atoms with Gasteiger partial charge in [-0.25, -0.2) is 26.3 Å². The van der Waals surface area contributed by atoms with E-state index >= 15 is 35.1 Å². The van der Waals surface area contributed by atoms with Gasteiger partial charge in [0.15, 0.2) is 46.5 Å². The molecule has 0 radical (unpaired) electrons. The molecule has 0 aromatic heterocycles. The molecule has 0 spiro atoms. The molecule has 1 aliphatic carbocycles. The van der Waals surface area contributed by atoms with Crippen molar-refractivity contribution in [2.45, 2.75) is 44.4 Å². The van der Waals surface area contributed by atoms with Crippen LogP contribution >= 0.6 is 0 Å². The summed E-state index contributed by atoms with van der Waals surface area (Å²) in [4.78, 5) is 26.5. The Morgan fingerprint density at radius 2 is 0.797 bits per heavy atom. The lowest BCUT2D eigenvalue weighted by molar-refractivity contribution is 0.102. The summed E-state index contributed by atoms with van der Waals surface area (Å²) in [6.07, 6.45) is 0.347. The third-order valence-electron chi connectivity index (χ3n) is 13.2. The second kappa shape index (κ2) is 18.0. The van der Waals surface area contributed by atoms with Gasteiger partial charge in [-0.15, -0.1) is 0 Å². The summed E-state index contributed by atoms with van der Waals surface area (Å²) in [6, 6.07) is 41.4. The topological polar surface area (TPSA) is 52.6 Å². The largest absolute Gasteiger partial charge is 0.457 e. The molecule has 0 atom stereocenters. The van der Waals surface area contributed by atoms with Gasteiger partial charge in [-0.2, -0.15) is 8.78 Å². The Bertz CT molecular complexity index is 3210. The van der Waals surface area contributed by atoms with E-state index in [0.29, 0.717) is 0 Å². The van der Waals surface area contributed by atoms with Gasteiger partial charge in [-0.3, -0.25) is 9.59 Å². The molecule has 0 saturated carbocycles. The second-order valence-corrected chi connectivity index (χ2v) is 16.9. The van der Waals surface area contributed by atoms with Crippen LogP contribution in [0.1, 0.15) is 93.3 Å². The van der Waals surface area contributed by atoms with Gasteiger partial charge in [0, 0.05) is 16.7 Å². The average molecular weight is 939 g/mol. The second-order valence-electron chi connectivity index (χ2n) is 16.9. The lowest BCUT2D eigenvalue weighted by Gasteiger charge is -2.33. The lowest BCUT2D eigenvalue weighted by Crippen LogP contribution is -2.28. The number of hydrogen-bond donors (Lipinski definition) is 0. The molecule has 8 aromatic carbocycles. The zero-order chi connectivity index (χ0) is 48.9. The van der Waals surface area contributed by atoms with Crippen molar-refractivity contribution in [1.29, 1.82) is 0 Å². The minimum absolute atomic E-state index is 0.0430. The SMILES string of the molecule is CCC(C)(CC)c1c(F)c(F)c(C(=O)c2ccc(Oc3ccc(C(=O)c4c(F)c(F)c(Oc5ccc(C6(c7ccccc7)c7ccccc7-c7ccccc76)cc5)c(F)c4F)cc3)cc2)c(F)c1F. The molecule has 0 aliphatic heterocycles. The van der Waals surface area contributed by atoms with Crippen LogP contribution in [0.3, 0.4) is 0 Å². The first-order valence-corrected chi connectivity index (χ1v) is 21.9. The van der Waals surface area contributed by atoms with Crippen LogP contribution in [0, 0.1) is 46.5 Å². The van der Waals surface area contributed by atoms with Gasteiger partial charge in [0.05, 0.1) is 5.41 Å². The van der Waals surface area contributed by atoms with Crippen molar-refractivity contribution in [3.63, 3.8) is 0 Å². The highest BCUT2D eigenvalue weighted by molar-refractivity contribution is 6.10. The summed E-state index contributed by atoms with van der Waals surface area (Å²) in [5, 5.41) is 0. The highest BCUT2D eigenvalue weighted by atomic mass is 19.2. The fourth-order valence-corrected chi connectivity index (χ4v) is 9.24. The standard InChI is InChI=1S/C57H38F8O4/c1-4-56(3,5-2)44-49(62)45(58)42(46(59)50(44)63)53(66)31-19-25-35(26-20-31)68-36-27-21-32(22-28-36)54(67)43-47(60)51(64)55(52(65)48(43)61)69-37-29-23-34(24-30-37)57(33-13-7-6-8-14-33)40-17-11-9-15-38(40)39-16-10-12-18-41(39)57/h6-30H,4-5H2,1-3H3. The van der Waals surface area contributed by atoms with E-state index in [1.165, 1.54) is 43.3 Å². The Hall–Kier alpha value is -7.86. The van der Waals surface area contributed by atoms with Crippen LogP contribution in [-0.4, -0.2) is 11.6 Å².